The van der Waals surface area contributed by atoms with Crippen LogP contribution in [-0.2, 0) is 16.1 Å². The predicted molar refractivity (Wildman–Crippen MR) is 105 cm³/mol. The number of esters is 1. The van der Waals surface area contributed by atoms with Gasteiger partial charge in [0, 0.05) is 28.8 Å². The zero-order chi connectivity index (χ0) is 20.8. The van der Waals surface area contributed by atoms with Crippen molar-refractivity contribution in [3.63, 3.8) is 0 Å². The number of nitrogens with one attached hydrogen (secondary N) is 1. The van der Waals surface area contributed by atoms with Crippen LogP contribution in [0.3, 0.4) is 0 Å². The third-order valence-corrected chi connectivity index (χ3v) is 4.04. The summed E-state index contributed by atoms with van der Waals surface area (Å²) in [6.07, 6.45) is -0.612. The van der Waals surface area contributed by atoms with Gasteiger partial charge in [-0.05, 0) is 43.3 Å². The van der Waals surface area contributed by atoms with Crippen molar-refractivity contribution in [3.05, 3.63) is 70.1 Å². The van der Waals surface area contributed by atoms with Gasteiger partial charge in [0.2, 0.25) is 0 Å². The van der Waals surface area contributed by atoms with E-state index < -0.39 is 17.7 Å². The number of rotatable bonds is 6. The molecule has 0 bridgehead atoms. The molecule has 1 amide bonds. The Bertz CT molecular complexity index is 1090. The second-order valence-electron chi connectivity index (χ2n) is 5.95. The van der Waals surface area contributed by atoms with E-state index in [1.165, 1.54) is 19.2 Å². The molecule has 1 aromatic heterocycles. The molecule has 0 saturated heterocycles. The first kappa shape index (κ1) is 19.9. The molecule has 0 unspecified atom stereocenters. The maximum absolute atomic E-state index is 12.2. The van der Waals surface area contributed by atoms with Crippen molar-refractivity contribution in [1.82, 2.24) is 0 Å². The largest absolute Gasteiger partial charge is 0.497 e. The van der Waals surface area contributed by atoms with Gasteiger partial charge in [-0.1, -0.05) is 0 Å². The lowest BCUT2D eigenvalue weighted by molar-refractivity contribution is 0.0473. The Morgan fingerprint density at radius 3 is 2.48 bits per heavy atom. The van der Waals surface area contributed by atoms with Crippen LogP contribution in [0, 0.1) is 0 Å². The maximum atomic E-state index is 12.2. The number of carbonyl (C=O) groups is 2. The van der Waals surface area contributed by atoms with Gasteiger partial charge in [-0.3, -0.25) is 5.32 Å². The summed E-state index contributed by atoms with van der Waals surface area (Å²) in [5.41, 5.74) is 0.912. The summed E-state index contributed by atoms with van der Waals surface area (Å²) >= 11 is 0. The molecule has 150 valence electrons. The quantitative estimate of drug-likeness (QED) is 0.499. The zero-order valence-corrected chi connectivity index (χ0v) is 15.9. The van der Waals surface area contributed by atoms with E-state index in [9.17, 15) is 14.4 Å². The molecule has 0 aliphatic rings. The van der Waals surface area contributed by atoms with Crippen LogP contribution in [0.5, 0.6) is 5.75 Å². The number of benzene rings is 2. The molecule has 0 fully saturated rings. The lowest BCUT2D eigenvalue weighted by Crippen LogP contribution is -2.13. The fourth-order valence-electron chi connectivity index (χ4n) is 2.67. The zero-order valence-electron chi connectivity index (χ0n) is 15.9. The Kier molecular flexibility index (Phi) is 6.13. The van der Waals surface area contributed by atoms with E-state index in [1.54, 1.807) is 43.3 Å². The molecule has 0 atom stereocenters. The molecular formula is C21H19NO7. The number of fused-ring (bicyclic) bond motifs is 1. The van der Waals surface area contributed by atoms with Crippen molar-refractivity contribution in [3.8, 4) is 5.75 Å². The molecule has 0 radical (unpaired) electrons. The van der Waals surface area contributed by atoms with E-state index in [0.29, 0.717) is 28.0 Å². The van der Waals surface area contributed by atoms with Gasteiger partial charge >= 0.3 is 17.7 Å². The average Bonchev–Trinajstić information content (AvgIpc) is 2.71. The highest BCUT2D eigenvalue weighted by molar-refractivity contribution is 5.91. The van der Waals surface area contributed by atoms with Crippen molar-refractivity contribution >= 4 is 28.7 Å². The van der Waals surface area contributed by atoms with Gasteiger partial charge in [0.15, 0.2) is 0 Å². The minimum atomic E-state index is -0.612. The predicted octanol–water partition coefficient (Wildman–Crippen LogP) is 3.73. The van der Waals surface area contributed by atoms with Crippen molar-refractivity contribution in [2.75, 3.05) is 19.0 Å². The molecule has 29 heavy (non-hydrogen) atoms. The lowest BCUT2D eigenvalue weighted by atomic mass is 10.1. The molecule has 1 N–H and O–H groups in total. The Morgan fingerprint density at radius 1 is 1.03 bits per heavy atom. The second kappa shape index (κ2) is 8.92. The van der Waals surface area contributed by atoms with E-state index >= 15 is 0 Å². The van der Waals surface area contributed by atoms with Gasteiger partial charge < -0.3 is 18.6 Å². The standard InChI is InChI=1S/C21H19NO7/c1-3-27-21(25)22-15-6-9-17-14(10-19(23)29-18(17)11-15)12-28-20(24)13-4-7-16(26-2)8-5-13/h4-11H,3,12H2,1-2H3,(H,22,25). The summed E-state index contributed by atoms with van der Waals surface area (Å²) in [5.74, 6) is 0.0927. The first-order valence-electron chi connectivity index (χ1n) is 8.82. The van der Waals surface area contributed by atoms with E-state index in [1.807, 2.05) is 0 Å². The van der Waals surface area contributed by atoms with Crippen LogP contribution < -0.4 is 15.7 Å². The molecule has 8 heteroatoms. The number of carbonyl (C=O) groups excluding carboxylic acids is 2. The van der Waals surface area contributed by atoms with Gasteiger partial charge in [-0.15, -0.1) is 0 Å². The average molecular weight is 397 g/mol. The highest BCUT2D eigenvalue weighted by Crippen LogP contribution is 2.22. The summed E-state index contributed by atoms with van der Waals surface area (Å²) < 4.78 is 20.4. The molecule has 0 aliphatic heterocycles. The number of anilines is 1. The minimum Gasteiger partial charge on any atom is -0.497 e. The van der Waals surface area contributed by atoms with E-state index in [2.05, 4.69) is 5.32 Å². The second-order valence-corrected chi connectivity index (χ2v) is 5.95. The normalized spacial score (nSPS) is 10.4. The van der Waals surface area contributed by atoms with Crippen LogP contribution >= 0.6 is 0 Å². The summed E-state index contributed by atoms with van der Waals surface area (Å²) in [6.45, 7) is 1.81. The SMILES string of the molecule is CCOC(=O)Nc1ccc2c(COC(=O)c3ccc(OC)cc3)cc(=O)oc2c1. The lowest BCUT2D eigenvalue weighted by Gasteiger charge is -2.09. The van der Waals surface area contributed by atoms with E-state index in [-0.39, 0.29) is 18.8 Å². The van der Waals surface area contributed by atoms with Gasteiger partial charge in [0.05, 0.1) is 19.3 Å². The topological polar surface area (TPSA) is 104 Å². The Labute approximate surface area is 166 Å². The molecule has 2 aromatic carbocycles. The summed E-state index contributed by atoms with van der Waals surface area (Å²) in [5, 5.41) is 3.12. The molecular weight excluding hydrogens is 378 g/mol. The van der Waals surface area contributed by atoms with Gasteiger partial charge in [0.25, 0.3) is 0 Å². The van der Waals surface area contributed by atoms with Crippen LogP contribution in [0.4, 0.5) is 10.5 Å². The Hall–Kier alpha value is -3.81. The van der Waals surface area contributed by atoms with Crippen molar-refractivity contribution < 1.29 is 28.2 Å². The Morgan fingerprint density at radius 2 is 1.79 bits per heavy atom. The van der Waals surface area contributed by atoms with Crippen LogP contribution in [0.2, 0.25) is 0 Å². The van der Waals surface area contributed by atoms with Crippen LogP contribution in [0.1, 0.15) is 22.8 Å². The first-order chi connectivity index (χ1) is 14.0. The molecule has 3 aromatic rings. The number of methoxy groups -OCH3 is 1. The van der Waals surface area contributed by atoms with Crippen molar-refractivity contribution in [1.29, 1.82) is 0 Å². The number of hydrogen-bond acceptors (Lipinski definition) is 7. The fraction of sp³-hybridized carbons (Fsp3) is 0.190. The molecule has 0 saturated carbocycles. The van der Waals surface area contributed by atoms with E-state index in [4.69, 9.17) is 18.6 Å². The molecule has 1 heterocycles. The van der Waals surface area contributed by atoms with Crippen LogP contribution in [0.25, 0.3) is 11.0 Å². The monoisotopic (exact) mass is 397 g/mol. The van der Waals surface area contributed by atoms with Crippen LogP contribution in [0.15, 0.2) is 57.7 Å². The van der Waals surface area contributed by atoms with Crippen molar-refractivity contribution in [2.24, 2.45) is 0 Å². The number of amides is 1. The maximum Gasteiger partial charge on any atom is 0.411 e. The minimum absolute atomic E-state index is 0.113. The van der Waals surface area contributed by atoms with Crippen LogP contribution in [-0.4, -0.2) is 25.8 Å². The fourth-order valence-corrected chi connectivity index (χ4v) is 2.67. The summed E-state index contributed by atoms with van der Waals surface area (Å²) in [6, 6.07) is 12.6. The van der Waals surface area contributed by atoms with Crippen molar-refractivity contribution in [2.45, 2.75) is 13.5 Å². The first-order valence-corrected chi connectivity index (χ1v) is 8.82. The third kappa shape index (κ3) is 4.92. The molecule has 0 aliphatic carbocycles. The Balaban J connectivity index is 1.78. The van der Waals surface area contributed by atoms with Gasteiger partial charge in [-0.25, -0.2) is 14.4 Å². The molecule has 3 rings (SSSR count). The number of hydrogen-bond donors (Lipinski definition) is 1. The highest BCUT2D eigenvalue weighted by Gasteiger charge is 2.12. The smallest absolute Gasteiger partial charge is 0.411 e. The summed E-state index contributed by atoms with van der Waals surface area (Å²) in [4.78, 5) is 35.7. The van der Waals surface area contributed by atoms with Gasteiger partial charge in [-0.2, -0.15) is 0 Å². The van der Waals surface area contributed by atoms with E-state index in [0.717, 1.165) is 0 Å². The molecule has 8 nitrogen and oxygen atoms in total. The highest BCUT2D eigenvalue weighted by atomic mass is 16.5. The van der Waals surface area contributed by atoms with Gasteiger partial charge in [0.1, 0.15) is 17.9 Å². The molecule has 0 spiro atoms. The third-order valence-electron chi connectivity index (χ3n) is 4.04. The summed E-state index contributed by atoms with van der Waals surface area (Å²) in [7, 11) is 1.53. The number of ether oxygens (including phenoxy) is 3.